The fourth-order valence-electron chi connectivity index (χ4n) is 2.15. The molecule has 4 heteroatoms. The normalized spacial score (nSPS) is 13.8. The minimum Gasteiger partial charge on any atom is -0.490 e. The first-order valence-corrected chi connectivity index (χ1v) is 7.82. The van der Waals surface area contributed by atoms with Crippen LogP contribution in [0.3, 0.4) is 0 Å². The van der Waals surface area contributed by atoms with Crippen LogP contribution in [0.4, 0.5) is 0 Å². The number of ether oxygens (including phenoxy) is 2. The molecule has 0 radical (unpaired) electrons. The van der Waals surface area contributed by atoms with Gasteiger partial charge in [-0.2, -0.15) is 0 Å². The molecule has 1 aromatic carbocycles. The third kappa shape index (κ3) is 4.90. The zero-order valence-corrected chi connectivity index (χ0v) is 13.5. The molecule has 0 aromatic heterocycles. The molecule has 1 aromatic rings. The van der Waals surface area contributed by atoms with Gasteiger partial charge in [-0.05, 0) is 37.0 Å². The first kappa shape index (κ1) is 17.8. The maximum atomic E-state index is 9.26. The van der Waals surface area contributed by atoms with Gasteiger partial charge in [-0.3, -0.25) is 0 Å². The fourth-order valence-corrected chi connectivity index (χ4v) is 2.15. The molecule has 1 rings (SSSR count). The van der Waals surface area contributed by atoms with Crippen molar-refractivity contribution in [2.75, 3.05) is 26.4 Å². The number of hydrogen-bond donors (Lipinski definition) is 2. The number of nitrogens with two attached hydrogens (primary N) is 1. The molecule has 0 aliphatic carbocycles. The van der Waals surface area contributed by atoms with Crippen molar-refractivity contribution in [3.05, 3.63) is 23.8 Å². The van der Waals surface area contributed by atoms with Gasteiger partial charge in [-0.1, -0.05) is 26.8 Å². The molecule has 1 atom stereocenters. The van der Waals surface area contributed by atoms with Crippen molar-refractivity contribution in [2.45, 2.75) is 45.4 Å². The molecule has 120 valence electrons. The summed E-state index contributed by atoms with van der Waals surface area (Å²) in [6, 6.07) is 5.97. The Morgan fingerprint density at radius 1 is 1.10 bits per heavy atom. The number of rotatable bonds is 10. The lowest BCUT2D eigenvalue weighted by atomic mass is 9.79. The van der Waals surface area contributed by atoms with E-state index in [2.05, 4.69) is 20.8 Å². The Morgan fingerprint density at radius 2 is 1.71 bits per heavy atom. The summed E-state index contributed by atoms with van der Waals surface area (Å²) in [4.78, 5) is 0. The Morgan fingerprint density at radius 3 is 2.24 bits per heavy atom. The zero-order valence-electron chi connectivity index (χ0n) is 13.5. The van der Waals surface area contributed by atoms with Gasteiger partial charge in [0, 0.05) is 18.6 Å². The van der Waals surface area contributed by atoms with Crippen molar-refractivity contribution in [3.8, 4) is 11.5 Å². The van der Waals surface area contributed by atoms with E-state index >= 15 is 0 Å². The molecule has 0 amide bonds. The van der Waals surface area contributed by atoms with Crippen molar-refractivity contribution in [1.82, 2.24) is 0 Å². The van der Waals surface area contributed by atoms with Crippen molar-refractivity contribution >= 4 is 0 Å². The molecular formula is C17H29NO3. The van der Waals surface area contributed by atoms with Crippen LogP contribution in [0, 0.1) is 0 Å². The van der Waals surface area contributed by atoms with Crippen LogP contribution in [0.2, 0.25) is 0 Å². The Hall–Kier alpha value is -1.26. The zero-order chi connectivity index (χ0) is 15.7. The summed E-state index contributed by atoms with van der Waals surface area (Å²) in [5, 5.41) is 9.26. The minimum absolute atomic E-state index is 0.118. The number of hydrogen-bond acceptors (Lipinski definition) is 4. The second-order valence-electron chi connectivity index (χ2n) is 5.60. The van der Waals surface area contributed by atoms with E-state index in [1.807, 2.05) is 18.2 Å². The smallest absolute Gasteiger partial charge is 0.161 e. The van der Waals surface area contributed by atoms with E-state index in [1.54, 1.807) is 0 Å². The molecule has 0 fully saturated rings. The largest absolute Gasteiger partial charge is 0.490 e. The Bertz CT molecular complexity index is 422. The van der Waals surface area contributed by atoms with Gasteiger partial charge in [0.15, 0.2) is 11.5 Å². The number of aliphatic hydroxyl groups excluding tert-OH is 1. The molecule has 1 unspecified atom stereocenters. The van der Waals surface area contributed by atoms with E-state index < -0.39 is 0 Å². The summed E-state index contributed by atoms with van der Waals surface area (Å²) in [5.41, 5.74) is 6.74. The van der Waals surface area contributed by atoms with Gasteiger partial charge >= 0.3 is 0 Å². The molecule has 0 saturated heterocycles. The van der Waals surface area contributed by atoms with E-state index in [0.717, 1.165) is 29.9 Å². The highest BCUT2D eigenvalue weighted by atomic mass is 16.5. The molecular weight excluding hydrogens is 266 g/mol. The van der Waals surface area contributed by atoms with Gasteiger partial charge in [0.2, 0.25) is 0 Å². The highest BCUT2D eigenvalue weighted by molar-refractivity contribution is 5.45. The predicted octanol–water partition coefficient (Wildman–Crippen LogP) is 2.86. The van der Waals surface area contributed by atoms with Gasteiger partial charge in [0.05, 0.1) is 13.2 Å². The summed E-state index contributed by atoms with van der Waals surface area (Å²) < 4.78 is 11.6. The Kier molecular flexibility index (Phi) is 7.54. The van der Waals surface area contributed by atoms with Gasteiger partial charge in [0.25, 0.3) is 0 Å². The summed E-state index contributed by atoms with van der Waals surface area (Å²) in [6.45, 7) is 8.15. The third-order valence-electron chi connectivity index (χ3n) is 3.68. The van der Waals surface area contributed by atoms with Crippen LogP contribution in [-0.2, 0) is 5.41 Å². The summed E-state index contributed by atoms with van der Waals surface area (Å²) in [7, 11) is 0. The minimum atomic E-state index is -0.248. The molecule has 0 heterocycles. The van der Waals surface area contributed by atoms with Crippen LogP contribution in [0.5, 0.6) is 11.5 Å². The lowest BCUT2D eigenvalue weighted by Gasteiger charge is -2.28. The van der Waals surface area contributed by atoms with E-state index in [9.17, 15) is 5.11 Å². The quantitative estimate of drug-likeness (QED) is 0.696. The lowest BCUT2D eigenvalue weighted by Crippen LogP contribution is -2.32. The van der Waals surface area contributed by atoms with Crippen LogP contribution in [0.15, 0.2) is 18.2 Å². The van der Waals surface area contributed by atoms with E-state index in [0.29, 0.717) is 26.2 Å². The maximum Gasteiger partial charge on any atom is 0.161 e. The average molecular weight is 295 g/mol. The first-order valence-electron chi connectivity index (χ1n) is 7.82. The molecule has 0 spiro atoms. The van der Waals surface area contributed by atoms with Gasteiger partial charge in [0.1, 0.15) is 0 Å². The highest BCUT2D eigenvalue weighted by Gasteiger charge is 2.25. The van der Waals surface area contributed by atoms with Crippen molar-refractivity contribution in [2.24, 2.45) is 5.73 Å². The van der Waals surface area contributed by atoms with Crippen LogP contribution >= 0.6 is 0 Å². The standard InChI is InChI=1S/C17H29NO3/c1-4-10-20-15-7-6-14(12-16(15)21-11-5-2)17(3,13-18)8-9-19/h6-7,12,19H,4-5,8-11,13,18H2,1-3H3. The van der Waals surface area contributed by atoms with Crippen LogP contribution < -0.4 is 15.2 Å². The van der Waals surface area contributed by atoms with Crippen molar-refractivity contribution in [1.29, 1.82) is 0 Å². The molecule has 0 saturated carbocycles. The number of aliphatic hydroxyl groups is 1. The average Bonchev–Trinajstić information content (AvgIpc) is 2.51. The molecule has 0 bridgehead atoms. The first-order chi connectivity index (χ1) is 10.1. The summed E-state index contributed by atoms with van der Waals surface area (Å²) >= 11 is 0. The van der Waals surface area contributed by atoms with E-state index in [1.165, 1.54) is 0 Å². The summed E-state index contributed by atoms with van der Waals surface area (Å²) in [5.74, 6) is 1.54. The van der Waals surface area contributed by atoms with Gasteiger partial charge < -0.3 is 20.3 Å². The predicted molar refractivity (Wildman–Crippen MR) is 86.1 cm³/mol. The van der Waals surface area contributed by atoms with Crippen LogP contribution in [0.1, 0.15) is 45.6 Å². The molecule has 21 heavy (non-hydrogen) atoms. The van der Waals surface area contributed by atoms with Gasteiger partial charge in [-0.15, -0.1) is 0 Å². The Balaban J connectivity index is 3.06. The SMILES string of the molecule is CCCOc1ccc(C(C)(CN)CCO)cc1OCCC. The Labute approximate surface area is 128 Å². The van der Waals surface area contributed by atoms with E-state index in [-0.39, 0.29) is 12.0 Å². The maximum absolute atomic E-state index is 9.26. The summed E-state index contributed by atoms with van der Waals surface area (Å²) in [6.07, 6.45) is 2.54. The van der Waals surface area contributed by atoms with Gasteiger partial charge in [-0.25, -0.2) is 0 Å². The molecule has 4 nitrogen and oxygen atoms in total. The molecule has 0 aliphatic heterocycles. The topological polar surface area (TPSA) is 64.7 Å². The van der Waals surface area contributed by atoms with Crippen molar-refractivity contribution < 1.29 is 14.6 Å². The number of benzene rings is 1. The highest BCUT2D eigenvalue weighted by Crippen LogP contribution is 2.35. The molecule has 3 N–H and O–H groups in total. The monoisotopic (exact) mass is 295 g/mol. The van der Waals surface area contributed by atoms with Crippen molar-refractivity contribution in [3.63, 3.8) is 0 Å². The fraction of sp³-hybridized carbons (Fsp3) is 0.647. The van der Waals surface area contributed by atoms with E-state index in [4.69, 9.17) is 15.2 Å². The lowest BCUT2D eigenvalue weighted by molar-refractivity contribution is 0.245. The van der Waals surface area contributed by atoms with Crippen LogP contribution in [0.25, 0.3) is 0 Å². The second kappa shape index (κ2) is 8.90. The molecule has 0 aliphatic rings. The third-order valence-corrected chi connectivity index (χ3v) is 3.68. The second-order valence-corrected chi connectivity index (χ2v) is 5.60. The van der Waals surface area contributed by atoms with Crippen LogP contribution in [-0.4, -0.2) is 31.5 Å².